The van der Waals surface area contributed by atoms with Crippen LogP contribution in [0, 0.1) is 5.92 Å². The number of nitrogens with one attached hydrogen (secondary N) is 2. The number of anilines is 3. The number of amides is 2. The summed E-state index contributed by atoms with van der Waals surface area (Å²) in [4.78, 5) is 34.5. The van der Waals surface area contributed by atoms with E-state index < -0.39 is 15.9 Å². The Kier molecular flexibility index (Phi) is 6.36. The number of benzene rings is 2. The molecule has 2 aromatic carbocycles. The Labute approximate surface area is 191 Å². The van der Waals surface area contributed by atoms with Crippen LogP contribution in [0.4, 0.5) is 17.3 Å². The molecule has 1 atom stereocenters. The summed E-state index contributed by atoms with van der Waals surface area (Å²) in [7, 11) is -3.86. The molecule has 9 nitrogen and oxygen atoms in total. The van der Waals surface area contributed by atoms with E-state index in [1.54, 1.807) is 11.0 Å². The highest BCUT2D eigenvalue weighted by Gasteiger charge is 2.35. The zero-order valence-electron chi connectivity index (χ0n) is 17.9. The number of carbonyl (C=O) groups excluding carboxylic acids is 2. The fourth-order valence-corrected chi connectivity index (χ4v) is 4.49. The van der Waals surface area contributed by atoms with Crippen LogP contribution in [-0.4, -0.2) is 36.7 Å². The molecule has 2 N–H and O–H groups in total. The molecule has 1 aliphatic heterocycles. The van der Waals surface area contributed by atoms with Crippen LogP contribution < -0.4 is 14.9 Å². The first-order chi connectivity index (χ1) is 15.9. The molecule has 2 heterocycles. The van der Waals surface area contributed by atoms with Crippen molar-refractivity contribution >= 4 is 39.2 Å². The molecule has 1 fully saturated rings. The van der Waals surface area contributed by atoms with Gasteiger partial charge in [0.05, 0.1) is 10.8 Å². The molecule has 2 amide bonds. The van der Waals surface area contributed by atoms with E-state index in [4.69, 9.17) is 0 Å². The van der Waals surface area contributed by atoms with Gasteiger partial charge in [0, 0.05) is 36.7 Å². The van der Waals surface area contributed by atoms with Crippen molar-refractivity contribution in [1.82, 2.24) is 9.97 Å². The summed E-state index contributed by atoms with van der Waals surface area (Å²) in [6.07, 6.45) is 3.89. The normalized spacial score (nSPS) is 16.0. The standard InChI is InChI=1S/C23H23N5O4S/c1-2-16-4-8-19(9-5-16)28-15-17(14-21(28)29)22(30)26-18-6-10-20(11-7-18)33(31,32)27-23-24-12-3-13-25-23/h3-13,17H,2,14-15H2,1H3,(H,26,30)(H,24,25,27)/t17-/m0/s1. The zero-order chi connectivity index (χ0) is 23.4. The van der Waals surface area contributed by atoms with E-state index in [0.29, 0.717) is 12.2 Å². The van der Waals surface area contributed by atoms with Crippen LogP contribution >= 0.6 is 0 Å². The van der Waals surface area contributed by atoms with Crippen molar-refractivity contribution in [3.05, 3.63) is 72.6 Å². The lowest BCUT2D eigenvalue weighted by Crippen LogP contribution is -2.28. The van der Waals surface area contributed by atoms with Crippen molar-refractivity contribution in [2.45, 2.75) is 24.7 Å². The van der Waals surface area contributed by atoms with E-state index >= 15 is 0 Å². The largest absolute Gasteiger partial charge is 0.326 e. The second-order valence-electron chi connectivity index (χ2n) is 7.62. The molecular formula is C23H23N5O4S. The Morgan fingerprint density at radius 2 is 1.73 bits per heavy atom. The van der Waals surface area contributed by atoms with Gasteiger partial charge in [-0.05, 0) is 54.4 Å². The summed E-state index contributed by atoms with van der Waals surface area (Å²) in [5.41, 5.74) is 2.39. The quantitative estimate of drug-likeness (QED) is 0.553. The number of nitrogens with zero attached hydrogens (tertiary/aromatic N) is 3. The molecule has 0 unspecified atom stereocenters. The Morgan fingerprint density at radius 3 is 2.36 bits per heavy atom. The molecule has 0 saturated carbocycles. The predicted molar refractivity (Wildman–Crippen MR) is 124 cm³/mol. The number of aryl methyl sites for hydroxylation is 1. The van der Waals surface area contributed by atoms with Crippen LogP contribution in [0.5, 0.6) is 0 Å². The van der Waals surface area contributed by atoms with Crippen LogP contribution in [0.3, 0.4) is 0 Å². The molecule has 4 rings (SSSR count). The van der Waals surface area contributed by atoms with Gasteiger partial charge < -0.3 is 10.2 Å². The molecule has 170 valence electrons. The summed E-state index contributed by atoms with van der Waals surface area (Å²) in [6, 6.07) is 15.1. The third kappa shape index (κ3) is 5.17. The molecule has 10 heteroatoms. The lowest BCUT2D eigenvalue weighted by molar-refractivity contribution is -0.122. The van der Waals surface area contributed by atoms with E-state index in [0.717, 1.165) is 12.1 Å². The van der Waals surface area contributed by atoms with E-state index in [9.17, 15) is 18.0 Å². The number of sulfonamides is 1. The summed E-state index contributed by atoms with van der Waals surface area (Å²) >= 11 is 0. The van der Waals surface area contributed by atoms with Crippen molar-refractivity contribution < 1.29 is 18.0 Å². The number of rotatable bonds is 7. The summed E-state index contributed by atoms with van der Waals surface area (Å²) in [5, 5.41) is 2.77. The van der Waals surface area contributed by atoms with Gasteiger partial charge in [-0.2, -0.15) is 0 Å². The summed E-state index contributed by atoms with van der Waals surface area (Å²) in [6.45, 7) is 2.36. The van der Waals surface area contributed by atoms with Gasteiger partial charge in [0.2, 0.25) is 17.8 Å². The molecule has 1 aromatic heterocycles. The monoisotopic (exact) mass is 465 g/mol. The molecule has 1 aliphatic rings. The molecule has 3 aromatic rings. The minimum absolute atomic E-state index is 0.00528. The fourth-order valence-electron chi connectivity index (χ4n) is 3.54. The summed E-state index contributed by atoms with van der Waals surface area (Å²) in [5.74, 6) is -0.921. The number of hydrogen-bond acceptors (Lipinski definition) is 6. The topological polar surface area (TPSA) is 121 Å². The maximum absolute atomic E-state index is 12.7. The second kappa shape index (κ2) is 9.37. The van der Waals surface area contributed by atoms with Crippen molar-refractivity contribution in [3.63, 3.8) is 0 Å². The first-order valence-electron chi connectivity index (χ1n) is 10.5. The van der Waals surface area contributed by atoms with Gasteiger partial charge in [0.1, 0.15) is 0 Å². The van der Waals surface area contributed by atoms with Crippen molar-refractivity contribution in [1.29, 1.82) is 0 Å². The van der Waals surface area contributed by atoms with Gasteiger partial charge in [-0.1, -0.05) is 19.1 Å². The van der Waals surface area contributed by atoms with E-state index in [1.807, 2.05) is 24.3 Å². The van der Waals surface area contributed by atoms with Crippen LogP contribution in [0.2, 0.25) is 0 Å². The molecule has 33 heavy (non-hydrogen) atoms. The minimum atomic E-state index is -3.86. The Bertz CT molecular complexity index is 1250. The average Bonchev–Trinajstić information content (AvgIpc) is 3.21. The number of hydrogen-bond donors (Lipinski definition) is 2. The van der Waals surface area contributed by atoms with Crippen molar-refractivity contribution in [3.8, 4) is 0 Å². The Morgan fingerprint density at radius 1 is 1.06 bits per heavy atom. The molecular weight excluding hydrogens is 442 g/mol. The van der Waals surface area contributed by atoms with Gasteiger partial charge >= 0.3 is 0 Å². The molecule has 1 saturated heterocycles. The fraction of sp³-hybridized carbons (Fsp3) is 0.217. The third-order valence-corrected chi connectivity index (χ3v) is 6.72. The van der Waals surface area contributed by atoms with E-state index in [2.05, 4.69) is 26.9 Å². The number of carbonyl (C=O) groups is 2. The maximum atomic E-state index is 12.7. The third-order valence-electron chi connectivity index (χ3n) is 5.38. The highest BCUT2D eigenvalue weighted by Crippen LogP contribution is 2.27. The Balaban J connectivity index is 1.39. The molecule has 0 radical (unpaired) electrons. The van der Waals surface area contributed by atoms with Crippen LogP contribution in [0.15, 0.2) is 71.9 Å². The SMILES string of the molecule is CCc1ccc(N2C[C@@H](C(=O)Nc3ccc(S(=O)(=O)Nc4ncccn4)cc3)CC2=O)cc1. The van der Waals surface area contributed by atoms with Crippen LogP contribution in [-0.2, 0) is 26.0 Å². The van der Waals surface area contributed by atoms with Crippen LogP contribution in [0.25, 0.3) is 0 Å². The van der Waals surface area contributed by atoms with Gasteiger partial charge in [-0.3, -0.25) is 9.59 Å². The first-order valence-corrected chi connectivity index (χ1v) is 11.9. The molecule has 0 bridgehead atoms. The first kappa shape index (κ1) is 22.4. The zero-order valence-corrected chi connectivity index (χ0v) is 18.7. The number of aromatic nitrogens is 2. The smallest absolute Gasteiger partial charge is 0.264 e. The van der Waals surface area contributed by atoms with Crippen molar-refractivity contribution in [2.24, 2.45) is 5.92 Å². The minimum Gasteiger partial charge on any atom is -0.326 e. The predicted octanol–water partition coefficient (Wildman–Crippen LogP) is 2.83. The van der Waals surface area contributed by atoms with Crippen LogP contribution in [0.1, 0.15) is 18.9 Å². The molecule has 0 aliphatic carbocycles. The van der Waals surface area contributed by atoms with Gasteiger partial charge in [0.15, 0.2) is 0 Å². The van der Waals surface area contributed by atoms with Gasteiger partial charge in [0.25, 0.3) is 10.0 Å². The van der Waals surface area contributed by atoms with E-state index in [1.165, 1.54) is 42.2 Å². The molecule has 0 spiro atoms. The maximum Gasteiger partial charge on any atom is 0.264 e. The van der Waals surface area contributed by atoms with Gasteiger partial charge in [-0.25, -0.2) is 23.1 Å². The Hall–Kier alpha value is -3.79. The second-order valence-corrected chi connectivity index (χ2v) is 9.30. The van der Waals surface area contributed by atoms with Crippen molar-refractivity contribution in [2.75, 3.05) is 21.5 Å². The lowest BCUT2D eigenvalue weighted by atomic mass is 10.1. The highest BCUT2D eigenvalue weighted by molar-refractivity contribution is 7.92. The van der Waals surface area contributed by atoms with Gasteiger partial charge in [-0.15, -0.1) is 0 Å². The average molecular weight is 466 g/mol. The lowest BCUT2D eigenvalue weighted by Gasteiger charge is -2.17. The highest BCUT2D eigenvalue weighted by atomic mass is 32.2. The summed E-state index contributed by atoms with van der Waals surface area (Å²) < 4.78 is 27.2. The van der Waals surface area contributed by atoms with E-state index in [-0.39, 0.29) is 29.1 Å².